The topological polar surface area (TPSA) is 70.6 Å². The number of para-hydroxylation sites is 1. The molecule has 0 amide bonds. The number of benzene rings is 1. The van der Waals surface area contributed by atoms with Gasteiger partial charge in [0.25, 0.3) is 0 Å². The molecular weight excluding hydrogens is 314 g/mol. The zero-order chi connectivity index (χ0) is 17.7. The number of rotatable bonds is 10. The highest BCUT2D eigenvalue weighted by molar-refractivity contribution is 5.80. The van der Waals surface area contributed by atoms with E-state index >= 15 is 0 Å². The van der Waals surface area contributed by atoms with Gasteiger partial charge in [0.05, 0.1) is 5.52 Å². The monoisotopic (exact) mass is 343 g/mol. The third-order valence-corrected chi connectivity index (χ3v) is 3.59. The number of anilines is 1. The minimum atomic E-state index is 0.759. The maximum atomic E-state index is 5.33. The molecule has 0 atom stereocenters. The van der Waals surface area contributed by atoms with Crippen molar-refractivity contribution >= 4 is 22.7 Å². The summed E-state index contributed by atoms with van der Waals surface area (Å²) in [6.45, 7) is 8.73. The van der Waals surface area contributed by atoms with E-state index in [-0.39, 0.29) is 0 Å². The first-order valence-electron chi connectivity index (χ1n) is 9.03. The van der Waals surface area contributed by atoms with Crippen LogP contribution in [0.3, 0.4) is 0 Å². The summed E-state index contributed by atoms with van der Waals surface area (Å²) in [5.41, 5.74) is 1.00. The number of hydrogen-bond acceptors (Lipinski definition) is 4. The van der Waals surface area contributed by atoms with E-state index in [4.69, 9.17) is 4.74 Å². The van der Waals surface area contributed by atoms with Crippen molar-refractivity contribution in [2.24, 2.45) is 4.99 Å². The van der Waals surface area contributed by atoms with Gasteiger partial charge in [-0.15, -0.1) is 0 Å². The largest absolute Gasteiger partial charge is 0.382 e. The molecule has 0 aliphatic carbocycles. The standard InChI is InChI=1S/C19H29N5O/c1-3-20-19(22-12-7-15-25-4-2)23-14-13-21-18-11-10-16-8-5-6-9-17(16)24-18/h5-6,8-11H,3-4,7,12-15H2,1-2H3,(H,21,24)(H2,20,22,23). The number of nitrogens with one attached hydrogen (secondary N) is 3. The Morgan fingerprint density at radius 1 is 1.08 bits per heavy atom. The van der Waals surface area contributed by atoms with Crippen LogP contribution in [0, 0.1) is 0 Å². The lowest BCUT2D eigenvalue weighted by Crippen LogP contribution is -2.39. The number of aromatic nitrogens is 1. The SMILES string of the molecule is CCNC(=NCCCOCC)NCCNc1ccc2ccccc2n1. The molecule has 2 aromatic rings. The average Bonchev–Trinajstić information content (AvgIpc) is 2.64. The molecule has 6 heteroatoms. The van der Waals surface area contributed by atoms with Crippen LogP contribution in [0.4, 0.5) is 5.82 Å². The van der Waals surface area contributed by atoms with Gasteiger partial charge in [-0.2, -0.15) is 0 Å². The second-order valence-electron chi connectivity index (χ2n) is 5.55. The Kier molecular flexibility index (Phi) is 8.55. The lowest BCUT2D eigenvalue weighted by atomic mass is 10.2. The zero-order valence-corrected chi connectivity index (χ0v) is 15.2. The summed E-state index contributed by atoms with van der Waals surface area (Å²) in [5, 5.41) is 11.1. The second-order valence-corrected chi connectivity index (χ2v) is 5.55. The van der Waals surface area contributed by atoms with Crippen molar-refractivity contribution in [2.45, 2.75) is 20.3 Å². The van der Waals surface area contributed by atoms with E-state index in [9.17, 15) is 0 Å². The van der Waals surface area contributed by atoms with Gasteiger partial charge in [-0.25, -0.2) is 4.98 Å². The maximum Gasteiger partial charge on any atom is 0.191 e. The van der Waals surface area contributed by atoms with Gasteiger partial charge in [0.2, 0.25) is 0 Å². The number of guanidine groups is 1. The van der Waals surface area contributed by atoms with Gasteiger partial charge in [-0.05, 0) is 38.5 Å². The first-order valence-corrected chi connectivity index (χ1v) is 9.03. The van der Waals surface area contributed by atoms with Crippen molar-refractivity contribution in [2.75, 3.05) is 44.7 Å². The summed E-state index contributed by atoms with van der Waals surface area (Å²) in [5.74, 6) is 1.73. The van der Waals surface area contributed by atoms with E-state index < -0.39 is 0 Å². The van der Waals surface area contributed by atoms with Crippen LogP contribution in [0.5, 0.6) is 0 Å². The highest BCUT2D eigenvalue weighted by Gasteiger charge is 1.99. The lowest BCUT2D eigenvalue weighted by molar-refractivity contribution is 0.146. The summed E-state index contributed by atoms with van der Waals surface area (Å²) in [6, 6.07) is 12.2. The quantitative estimate of drug-likeness (QED) is 0.351. The van der Waals surface area contributed by atoms with Crippen LogP contribution in [0.15, 0.2) is 41.4 Å². The number of hydrogen-bond donors (Lipinski definition) is 3. The van der Waals surface area contributed by atoms with Crippen LogP contribution in [0.25, 0.3) is 10.9 Å². The van der Waals surface area contributed by atoms with Crippen molar-refractivity contribution in [3.63, 3.8) is 0 Å². The van der Waals surface area contributed by atoms with Gasteiger partial charge in [0.1, 0.15) is 5.82 Å². The number of pyridine rings is 1. The van der Waals surface area contributed by atoms with E-state index in [1.165, 1.54) is 0 Å². The molecule has 6 nitrogen and oxygen atoms in total. The number of ether oxygens (including phenoxy) is 1. The molecule has 0 saturated heterocycles. The molecule has 136 valence electrons. The molecule has 1 aromatic heterocycles. The Hall–Kier alpha value is -2.34. The average molecular weight is 343 g/mol. The van der Waals surface area contributed by atoms with Crippen molar-refractivity contribution in [1.82, 2.24) is 15.6 Å². The molecule has 2 rings (SSSR count). The molecule has 0 unspecified atom stereocenters. The number of fused-ring (bicyclic) bond motifs is 1. The molecule has 0 fully saturated rings. The summed E-state index contributed by atoms with van der Waals surface area (Å²) in [6.07, 6.45) is 0.934. The smallest absolute Gasteiger partial charge is 0.191 e. The lowest BCUT2D eigenvalue weighted by Gasteiger charge is -2.12. The van der Waals surface area contributed by atoms with Gasteiger partial charge in [0.15, 0.2) is 5.96 Å². The molecule has 0 bridgehead atoms. The third kappa shape index (κ3) is 6.97. The van der Waals surface area contributed by atoms with Crippen molar-refractivity contribution in [3.05, 3.63) is 36.4 Å². The molecular formula is C19H29N5O. The first kappa shape index (κ1) is 19.0. The minimum absolute atomic E-state index is 0.759. The van der Waals surface area contributed by atoms with Crippen LogP contribution in [0.1, 0.15) is 20.3 Å². The normalized spacial score (nSPS) is 11.5. The molecule has 1 aromatic carbocycles. The molecule has 25 heavy (non-hydrogen) atoms. The Morgan fingerprint density at radius 2 is 1.96 bits per heavy atom. The first-order chi connectivity index (χ1) is 12.3. The summed E-state index contributed by atoms with van der Waals surface area (Å²) in [4.78, 5) is 9.15. The summed E-state index contributed by atoms with van der Waals surface area (Å²) >= 11 is 0. The highest BCUT2D eigenvalue weighted by atomic mass is 16.5. The number of nitrogens with zero attached hydrogens (tertiary/aromatic N) is 2. The molecule has 0 saturated carbocycles. The molecule has 1 heterocycles. The fourth-order valence-corrected chi connectivity index (χ4v) is 2.38. The third-order valence-electron chi connectivity index (χ3n) is 3.59. The van der Waals surface area contributed by atoms with E-state index in [1.807, 2.05) is 31.2 Å². The predicted molar refractivity (Wildman–Crippen MR) is 105 cm³/mol. The van der Waals surface area contributed by atoms with Crippen molar-refractivity contribution < 1.29 is 4.74 Å². The van der Waals surface area contributed by atoms with Crippen molar-refractivity contribution in [3.8, 4) is 0 Å². The fraction of sp³-hybridized carbons (Fsp3) is 0.474. The molecule has 0 aliphatic rings. The Labute approximate surface area is 150 Å². The summed E-state index contributed by atoms with van der Waals surface area (Å²) in [7, 11) is 0. The van der Waals surface area contributed by atoms with Gasteiger partial charge >= 0.3 is 0 Å². The van der Waals surface area contributed by atoms with Gasteiger partial charge in [0, 0.05) is 44.8 Å². The highest BCUT2D eigenvalue weighted by Crippen LogP contribution is 2.13. The molecule has 0 aliphatic heterocycles. The van der Waals surface area contributed by atoms with E-state index in [0.717, 1.165) is 68.5 Å². The molecule has 0 radical (unpaired) electrons. The van der Waals surface area contributed by atoms with Crippen LogP contribution in [-0.2, 0) is 4.74 Å². The molecule has 0 spiro atoms. The van der Waals surface area contributed by atoms with Crippen LogP contribution in [-0.4, -0.2) is 50.3 Å². The minimum Gasteiger partial charge on any atom is -0.382 e. The van der Waals surface area contributed by atoms with E-state index in [0.29, 0.717) is 0 Å². The van der Waals surface area contributed by atoms with Crippen LogP contribution >= 0.6 is 0 Å². The Balaban J connectivity index is 1.73. The van der Waals surface area contributed by atoms with Gasteiger partial charge in [-0.1, -0.05) is 18.2 Å². The Bertz CT molecular complexity index is 659. The van der Waals surface area contributed by atoms with Crippen molar-refractivity contribution in [1.29, 1.82) is 0 Å². The predicted octanol–water partition coefficient (Wildman–Crippen LogP) is 2.63. The van der Waals surface area contributed by atoms with Crippen LogP contribution < -0.4 is 16.0 Å². The Morgan fingerprint density at radius 3 is 2.80 bits per heavy atom. The zero-order valence-electron chi connectivity index (χ0n) is 15.2. The van der Waals surface area contributed by atoms with E-state index in [1.54, 1.807) is 0 Å². The van der Waals surface area contributed by atoms with Gasteiger partial charge in [-0.3, -0.25) is 4.99 Å². The van der Waals surface area contributed by atoms with Crippen LogP contribution in [0.2, 0.25) is 0 Å². The number of aliphatic imine (C=N–C) groups is 1. The summed E-state index contributed by atoms with van der Waals surface area (Å²) < 4.78 is 5.33. The second kappa shape index (κ2) is 11.3. The maximum absolute atomic E-state index is 5.33. The van der Waals surface area contributed by atoms with E-state index in [2.05, 4.69) is 45.0 Å². The van der Waals surface area contributed by atoms with Gasteiger partial charge < -0.3 is 20.7 Å². The fourth-order valence-electron chi connectivity index (χ4n) is 2.38. The molecule has 3 N–H and O–H groups in total.